The van der Waals surface area contributed by atoms with Crippen molar-refractivity contribution in [3.8, 4) is 0 Å². The summed E-state index contributed by atoms with van der Waals surface area (Å²) in [5.74, 6) is 0.0215. The lowest BCUT2D eigenvalue weighted by molar-refractivity contribution is -0.139. The summed E-state index contributed by atoms with van der Waals surface area (Å²) < 4.78 is 0. The molecule has 0 heterocycles. The maximum absolute atomic E-state index is 12.1. The van der Waals surface area contributed by atoms with Crippen LogP contribution in [0.4, 0.5) is 0 Å². The minimum Gasteiger partial charge on any atom is -0.342 e. The number of nitrogens with zero attached hydrogens (tertiary/aromatic N) is 2. The second kappa shape index (κ2) is 9.23. The van der Waals surface area contributed by atoms with Crippen molar-refractivity contribution < 1.29 is 9.59 Å². The molecule has 122 valence electrons. The Morgan fingerprint density at radius 3 is 1.95 bits per heavy atom. The molecule has 0 fully saturated rings. The van der Waals surface area contributed by atoms with Gasteiger partial charge in [-0.25, -0.2) is 0 Å². The van der Waals surface area contributed by atoms with Gasteiger partial charge in [0.25, 0.3) is 0 Å². The number of hydrogen-bond acceptors (Lipinski definition) is 2. The van der Waals surface area contributed by atoms with Crippen LogP contribution in [0.5, 0.6) is 0 Å². The molecule has 0 aromatic heterocycles. The first-order valence-corrected chi connectivity index (χ1v) is 8.11. The molecule has 0 aliphatic carbocycles. The average Bonchev–Trinajstić information content (AvgIpc) is 2.54. The number of aryl methyl sites for hydroxylation is 2. The zero-order valence-electron chi connectivity index (χ0n) is 14.3. The van der Waals surface area contributed by atoms with Crippen molar-refractivity contribution in [2.75, 3.05) is 26.7 Å². The lowest BCUT2D eigenvalue weighted by atomic mass is 10.1. The van der Waals surface area contributed by atoms with Crippen molar-refractivity contribution in [1.82, 2.24) is 9.80 Å². The van der Waals surface area contributed by atoms with Gasteiger partial charge in [0.2, 0.25) is 11.8 Å². The zero-order chi connectivity index (χ0) is 16.5. The minimum absolute atomic E-state index is 0.00755. The maximum atomic E-state index is 12.1. The van der Waals surface area contributed by atoms with Gasteiger partial charge in [0.15, 0.2) is 0 Å². The summed E-state index contributed by atoms with van der Waals surface area (Å²) in [4.78, 5) is 27.4. The Morgan fingerprint density at radius 2 is 1.45 bits per heavy atom. The molecule has 0 atom stereocenters. The van der Waals surface area contributed by atoms with Crippen molar-refractivity contribution in [1.29, 1.82) is 0 Å². The van der Waals surface area contributed by atoms with E-state index in [2.05, 4.69) is 31.2 Å². The standard InChI is InChI=1S/C18H28N2O2/c1-5-15-8-10-16(11-9-15)12-13-17(21)19(4)14-18(22)20(6-2)7-3/h8-11H,5-7,12-14H2,1-4H3. The van der Waals surface area contributed by atoms with Gasteiger partial charge >= 0.3 is 0 Å². The van der Waals surface area contributed by atoms with E-state index in [4.69, 9.17) is 0 Å². The number of rotatable bonds is 8. The molecule has 0 saturated carbocycles. The van der Waals surface area contributed by atoms with Crippen LogP contribution in [-0.4, -0.2) is 48.3 Å². The summed E-state index contributed by atoms with van der Waals surface area (Å²) in [6.07, 6.45) is 2.18. The van der Waals surface area contributed by atoms with Crippen molar-refractivity contribution >= 4 is 11.8 Å². The van der Waals surface area contributed by atoms with Gasteiger partial charge in [-0.05, 0) is 37.8 Å². The van der Waals surface area contributed by atoms with Crippen LogP contribution < -0.4 is 0 Å². The summed E-state index contributed by atoms with van der Waals surface area (Å²) in [5, 5.41) is 0. The van der Waals surface area contributed by atoms with Gasteiger partial charge in [0, 0.05) is 26.6 Å². The number of carbonyl (C=O) groups is 2. The normalized spacial score (nSPS) is 10.4. The quantitative estimate of drug-likeness (QED) is 0.740. The van der Waals surface area contributed by atoms with Gasteiger partial charge in [-0.2, -0.15) is 0 Å². The van der Waals surface area contributed by atoms with Crippen molar-refractivity contribution in [3.63, 3.8) is 0 Å². The molecular weight excluding hydrogens is 276 g/mol. The molecule has 4 nitrogen and oxygen atoms in total. The van der Waals surface area contributed by atoms with Crippen LogP contribution in [-0.2, 0) is 22.4 Å². The van der Waals surface area contributed by atoms with Crippen molar-refractivity contribution in [2.45, 2.75) is 40.0 Å². The lowest BCUT2D eigenvalue weighted by Crippen LogP contribution is -2.41. The highest BCUT2D eigenvalue weighted by Crippen LogP contribution is 2.08. The second-order valence-corrected chi connectivity index (χ2v) is 5.49. The Morgan fingerprint density at radius 1 is 0.909 bits per heavy atom. The molecule has 22 heavy (non-hydrogen) atoms. The first kappa shape index (κ1) is 18.2. The Labute approximate surface area is 134 Å². The molecule has 0 spiro atoms. The van der Waals surface area contributed by atoms with Crippen LogP contribution >= 0.6 is 0 Å². The van der Waals surface area contributed by atoms with E-state index < -0.39 is 0 Å². The third-order valence-corrected chi connectivity index (χ3v) is 3.97. The molecule has 1 aromatic rings. The van der Waals surface area contributed by atoms with Crippen molar-refractivity contribution in [3.05, 3.63) is 35.4 Å². The van der Waals surface area contributed by atoms with E-state index in [-0.39, 0.29) is 18.4 Å². The topological polar surface area (TPSA) is 40.6 Å². The van der Waals surface area contributed by atoms with Crippen LogP contribution in [0.1, 0.15) is 38.3 Å². The Balaban J connectivity index is 2.45. The fourth-order valence-electron chi connectivity index (χ4n) is 2.35. The minimum atomic E-state index is 0.00755. The molecule has 0 aliphatic rings. The van der Waals surface area contributed by atoms with Gasteiger partial charge < -0.3 is 9.80 Å². The van der Waals surface area contributed by atoms with E-state index in [9.17, 15) is 9.59 Å². The van der Waals surface area contributed by atoms with Crippen LogP contribution in [0, 0.1) is 0 Å². The van der Waals surface area contributed by atoms with Crippen LogP contribution in [0.15, 0.2) is 24.3 Å². The van der Waals surface area contributed by atoms with E-state index >= 15 is 0 Å². The summed E-state index contributed by atoms with van der Waals surface area (Å²) >= 11 is 0. The van der Waals surface area contributed by atoms with Gasteiger partial charge in [0.05, 0.1) is 6.54 Å². The molecule has 1 aromatic carbocycles. The zero-order valence-corrected chi connectivity index (χ0v) is 14.3. The first-order valence-electron chi connectivity index (χ1n) is 8.11. The maximum Gasteiger partial charge on any atom is 0.242 e. The fourth-order valence-corrected chi connectivity index (χ4v) is 2.35. The predicted octanol–water partition coefficient (Wildman–Crippen LogP) is 2.51. The predicted molar refractivity (Wildman–Crippen MR) is 89.7 cm³/mol. The van der Waals surface area contributed by atoms with Gasteiger partial charge in [-0.3, -0.25) is 9.59 Å². The molecule has 0 N–H and O–H groups in total. The van der Waals surface area contributed by atoms with Gasteiger partial charge in [0.1, 0.15) is 0 Å². The van der Waals surface area contributed by atoms with Crippen LogP contribution in [0.25, 0.3) is 0 Å². The van der Waals surface area contributed by atoms with E-state index in [1.165, 1.54) is 10.5 Å². The largest absolute Gasteiger partial charge is 0.342 e. The fraction of sp³-hybridized carbons (Fsp3) is 0.556. The lowest BCUT2D eigenvalue weighted by Gasteiger charge is -2.23. The van der Waals surface area contributed by atoms with E-state index in [0.717, 1.165) is 12.0 Å². The molecule has 0 unspecified atom stereocenters. The summed E-state index contributed by atoms with van der Waals surface area (Å²) in [7, 11) is 1.70. The molecule has 0 saturated heterocycles. The highest BCUT2D eigenvalue weighted by atomic mass is 16.2. The summed E-state index contributed by atoms with van der Waals surface area (Å²) in [6.45, 7) is 7.55. The number of benzene rings is 1. The van der Waals surface area contributed by atoms with Gasteiger partial charge in [-0.1, -0.05) is 31.2 Å². The molecule has 1 rings (SSSR count). The third-order valence-electron chi connectivity index (χ3n) is 3.97. The molecule has 0 aliphatic heterocycles. The third kappa shape index (κ3) is 5.51. The summed E-state index contributed by atoms with van der Waals surface area (Å²) in [5.41, 5.74) is 2.46. The number of carbonyl (C=O) groups excluding carboxylic acids is 2. The van der Waals surface area contributed by atoms with Crippen molar-refractivity contribution in [2.24, 2.45) is 0 Å². The van der Waals surface area contributed by atoms with E-state index in [0.29, 0.717) is 25.9 Å². The van der Waals surface area contributed by atoms with Gasteiger partial charge in [-0.15, -0.1) is 0 Å². The Bertz CT molecular complexity index is 478. The smallest absolute Gasteiger partial charge is 0.242 e. The highest BCUT2D eigenvalue weighted by Gasteiger charge is 2.16. The second-order valence-electron chi connectivity index (χ2n) is 5.49. The van der Waals surface area contributed by atoms with E-state index in [1.54, 1.807) is 11.9 Å². The average molecular weight is 304 g/mol. The molecule has 4 heteroatoms. The number of hydrogen-bond donors (Lipinski definition) is 0. The summed E-state index contributed by atoms with van der Waals surface area (Å²) in [6, 6.07) is 8.36. The monoisotopic (exact) mass is 304 g/mol. The SMILES string of the molecule is CCc1ccc(CCC(=O)N(C)CC(=O)N(CC)CC)cc1. The molecule has 0 bridgehead atoms. The number of amides is 2. The molecule has 0 radical (unpaired) electrons. The van der Waals surface area contributed by atoms with E-state index in [1.807, 2.05) is 13.8 Å². The Kier molecular flexibility index (Phi) is 7.64. The molecular formula is C18H28N2O2. The Hall–Kier alpha value is -1.84. The van der Waals surface area contributed by atoms with Crippen LogP contribution in [0.3, 0.4) is 0 Å². The molecule has 2 amide bonds. The first-order chi connectivity index (χ1) is 10.5. The number of likely N-dealkylation sites (N-methyl/N-ethyl adjacent to an activating group) is 2. The van der Waals surface area contributed by atoms with Crippen LogP contribution in [0.2, 0.25) is 0 Å². The highest BCUT2D eigenvalue weighted by molar-refractivity contribution is 5.84.